The van der Waals surface area contributed by atoms with Crippen molar-refractivity contribution < 1.29 is 34.3 Å². The Hall–Kier alpha value is -2.64. The number of aliphatic hydroxyl groups is 2. The highest BCUT2D eigenvalue weighted by Gasteiger charge is 2.26. The van der Waals surface area contributed by atoms with Gasteiger partial charge in [-0.05, 0) is 29.8 Å². The zero-order chi connectivity index (χ0) is 18.4. The van der Waals surface area contributed by atoms with Gasteiger partial charge in [0.25, 0.3) is 0 Å². The quantitative estimate of drug-likeness (QED) is 0.669. The van der Waals surface area contributed by atoms with E-state index in [0.29, 0.717) is 17.1 Å². The van der Waals surface area contributed by atoms with Gasteiger partial charge in [-0.2, -0.15) is 0 Å². The van der Waals surface area contributed by atoms with Crippen molar-refractivity contribution in [3.63, 3.8) is 0 Å². The van der Waals surface area contributed by atoms with Crippen molar-refractivity contribution in [3.05, 3.63) is 42.0 Å². The Bertz CT molecular complexity index is 677. The number of aliphatic hydroxyl groups excluding tert-OH is 2. The molecule has 0 fully saturated rings. The molecule has 0 radical (unpaired) electrons. The van der Waals surface area contributed by atoms with Crippen molar-refractivity contribution in [1.82, 2.24) is 0 Å². The Morgan fingerprint density at radius 2 is 1.40 bits per heavy atom. The number of phenols is 1. The smallest absolute Gasteiger partial charge is 0.200 e. The van der Waals surface area contributed by atoms with Gasteiger partial charge in [-0.25, -0.2) is 0 Å². The molecule has 0 aliphatic rings. The Balaban J connectivity index is 2.32. The van der Waals surface area contributed by atoms with Gasteiger partial charge in [0.1, 0.15) is 6.10 Å². The molecular formula is C18H22O7. The molecule has 0 aliphatic heterocycles. The first-order valence-electron chi connectivity index (χ1n) is 7.59. The summed E-state index contributed by atoms with van der Waals surface area (Å²) in [5, 5.41) is 30.2. The number of rotatable bonds is 8. The summed E-state index contributed by atoms with van der Waals surface area (Å²) in [7, 11) is 4.28. The SMILES string of the molecule is COc1ccccc1O[C@H](CO)[C@@H](O)c1cc(OC)c(O)c(OC)c1. The Kier molecular flexibility index (Phi) is 6.32. The molecule has 0 amide bonds. The number of phenolic OH excluding ortho intramolecular Hbond substituents is 1. The molecule has 136 valence electrons. The molecule has 2 atom stereocenters. The summed E-state index contributed by atoms with van der Waals surface area (Å²) >= 11 is 0. The van der Waals surface area contributed by atoms with Crippen LogP contribution in [0.3, 0.4) is 0 Å². The van der Waals surface area contributed by atoms with Crippen LogP contribution in [0.15, 0.2) is 36.4 Å². The zero-order valence-electron chi connectivity index (χ0n) is 14.3. The summed E-state index contributed by atoms with van der Waals surface area (Å²) in [6.07, 6.45) is -2.16. The number of ether oxygens (including phenoxy) is 4. The van der Waals surface area contributed by atoms with Crippen molar-refractivity contribution in [2.45, 2.75) is 12.2 Å². The van der Waals surface area contributed by atoms with Gasteiger partial charge < -0.3 is 34.3 Å². The van der Waals surface area contributed by atoms with Crippen molar-refractivity contribution >= 4 is 0 Å². The summed E-state index contributed by atoms with van der Waals surface area (Å²) in [6, 6.07) is 9.83. The van der Waals surface area contributed by atoms with Crippen LogP contribution < -0.4 is 18.9 Å². The second-order valence-corrected chi connectivity index (χ2v) is 5.21. The molecule has 2 aromatic rings. The fourth-order valence-corrected chi connectivity index (χ4v) is 2.38. The first-order valence-corrected chi connectivity index (χ1v) is 7.59. The molecule has 0 bridgehead atoms. The molecule has 0 aliphatic carbocycles. The van der Waals surface area contributed by atoms with Crippen LogP contribution in [-0.2, 0) is 0 Å². The molecule has 2 aromatic carbocycles. The average Bonchev–Trinajstić information content (AvgIpc) is 2.65. The predicted octanol–water partition coefficient (Wildman–Crippen LogP) is 1.89. The van der Waals surface area contributed by atoms with Crippen LogP contribution in [-0.4, -0.2) is 49.4 Å². The van der Waals surface area contributed by atoms with Crippen LogP contribution in [0, 0.1) is 0 Å². The number of methoxy groups -OCH3 is 3. The van der Waals surface area contributed by atoms with Crippen LogP contribution in [0.1, 0.15) is 11.7 Å². The second-order valence-electron chi connectivity index (χ2n) is 5.21. The summed E-state index contributed by atoms with van der Waals surface area (Å²) < 4.78 is 21.1. The molecule has 0 heterocycles. The van der Waals surface area contributed by atoms with E-state index in [9.17, 15) is 15.3 Å². The maximum absolute atomic E-state index is 10.6. The maximum atomic E-state index is 10.6. The van der Waals surface area contributed by atoms with Gasteiger partial charge in [-0.15, -0.1) is 0 Å². The molecular weight excluding hydrogens is 328 g/mol. The molecule has 0 unspecified atom stereocenters. The Labute approximate surface area is 146 Å². The minimum Gasteiger partial charge on any atom is -0.502 e. The van der Waals surface area contributed by atoms with Gasteiger partial charge in [-0.1, -0.05) is 12.1 Å². The molecule has 0 aromatic heterocycles. The lowest BCUT2D eigenvalue weighted by atomic mass is 10.0. The highest BCUT2D eigenvalue weighted by Crippen LogP contribution is 2.40. The first-order chi connectivity index (χ1) is 12.0. The van der Waals surface area contributed by atoms with Gasteiger partial charge in [-0.3, -0.25) is 0 Å². The van der Waals surface area contributed by atoms with E-state index in [-0.39, 0.29) is 17.2 Å². The van der Waals surface area contributed by atoms with Crippen molar-refractivity contribution in [1.29, 1.82) is 0 Å². The van der Waals surface area contributed by atoms with E-state index >= 15 is 0 Å². The van der Waals surface area contributed by atoms with E-state index in [0.717, 1.165) is 0 Å². The van der Waals surface area contributed by atoms with E-state index < -0.39 is 18.8 Å². The van der Waals surface area contributed by atoms with Crippen molar-refractivity contribution in [3.8, 4) is 28.7 Å². The maximum Gasteiger partial charge on any atom is 0.200 e. The van der Waals surface area contributed by atoms with Crippen LogP contribution in [0.5, 0.6) is 28.7 Å². The van der Waals surface area contributed by atoms with E-state index in [1.54, 1.807) is 24.3 Å². The number of para-hydroxylation sites is 2. The lowest BCUT2D eigenvalue weighted by Crippen LogP contribution is -2.29. The molecule has 25 heavy (non-hydrogen) atoms. The fraction of sp³-hybridized carbons (Fsp3) is 0.333. The van der Waals surface area contributed by atoms with Gasteiger partial charge >= 0.3 is 0 Å². The van der Waals surface area contributed by atoms with Crippen LogP contribution >= 0.6 is 0 Å². The van der Waals surface area contributed by atoms with Crippen LogP contribution in [0.25, 0.3) is 0 Å². The number of hydrogen-bond acceptors (Lipinski definition) is 7. The second kappa shape index (κ2) is 8.46. The summed E-state index contributed by atoms with van der Waals surface area (Å²) in [5.41, 5.74) is 0.362. The third-order valence-electron chi connectivity index (χ3n) is 3.72. The summed E-state index contributed by atoms with van der Waals surface area (Å²) in [5.74, 6) is 0.978. The minimum absolute atomic E-state index is 0.141. The summed E-state index contributed by atoms with van der Waals surface area (Å²) in [4.78, 5) is 0. The standard InChI is InChI=1S/C18H22O7/c1-22-12-6-4-5-7-13(12)25-16(10-19)17(20)11-8-14(23-2)18(21)15(9-11)24-3/h4-9,16-17,19-21H,10H2,1-3H3/t16-,17+/m1/s1. The Morgan fingerprint density at radius 3 is 1.88 bits per heavy atom. The molecule has 7 nitrogen and oxygen atoms in total. The largest absolute Gasteiger partial charge is 0.502 e. The first kappa shape index (κ1) is 18.7. The van der Waals surface area contributed by atoms with Crippen molar-refractivity contribution in [2.24, 2.45) is 0 Å². The highest BCUT2D eigenvalue weighted by molar-refractivity contribution is 5.53. The normalized spacial score (nSPS) is 13.0. The molecule has 7 heteroatoms. The van der Waals surface area contributed by atoms with Crippen LogP contribution in [0.2, 0.25) is 0 Å². The molecule has 0 saturated carbocycles. The predicted molar refractivity (Wildman–Crippen MR) is 90.7 cm³/mol. The van der Waals surface area contributed by atoms with Gasteiger partial charge in [0.15, 0.2) is 29.1 Å². The minimum atomic E-state index is -1.20. The zero-order valence-corrected chi connectivity index (χ0v) is 14.3. The van der Waals surface area contributed by atoms with Gasteiger partial charge in [0.05, 0.1) is 27.9 Å². The molecule has 2 rings (SSSR count). The molecule has 0 saturated heterocycles. The number of hydrogen-bond donors (Lipinski definition) is 3. The topological polar surface area (TPSA) is 97.6 Å². The average molecular weight is 350 g/mol. The number of benzene rings is 2. The highest BCUT2D eigenvalue weighted by atomic mass is 16.5. The summed E-state index contributed by atoms with van der Waals surface area (Å²) in [6.45, 7) is -0.440. The lowest BCUT2D eigenvalue weighted by molar-refractivity contribution is -0.000610. The van der Waals surface area contributed by atoms with Crippen LogP contribution in [0.4, 0.5) is 0 Å². The van der Waals surface area contributed by atoms with E-state index in [2.05, 4.69) is 0 Å². The van der Waals surface area contributed by atoms with Gasteiger partial charge in [0.2, 0.25) is 5.75 Å². The molecule has 3 N–H and O–H groups in total. The third-order valence-corrected chi connectivity index (χ3v) is 3.72. The fourth-order valence-electron chi connectivity index (χ4n) is 2.38. The van der Waals surface area contributed by atoms with Crippen molar-refractivity contribution in [2.75, 3.05) is 27.9 Å². The third kappa shape index (κ3) is 4.07. The van der Waals surface area contributed by atoms with Gasteiger partial charge in [0, 0.05) is 0 Å². The molecule has 0 spiro atoms. The van der Waals surface area contributed by atoms with E-state index in [4.69, 9.17) is 18.9 Å². The lowest BCUT2D eigenvalue weighted by Gasteiger charge is -2.24. The van der Waals surface area contributed by atoms with E-state index in [1.807, 2.05) is 0 Å². The monoisotopic (exact) mass is 350 g/mol. The Morgan fingerprint density at radius 1 is 0.880 bits per heavy atom. The number of aromatic hydroxyl groups is 1. The van der Waals surface area contributed by atoms with E-state index in [1.165, 1.54) is 33.5 Å².